The second-order valence-corrected chi connectivity index (χ2v) is 8.19. The van der Waals surface area contributed by atoms with Gasteiger partial charge in [0.1, 0.15) is 0 Å². The van der Waals surface area contributed by atoms with Gasteiger partial charge in [0, 0.05) is 25.2 Å². The Morgan fingerprint density at radius 1 is 1.44 bits per heavy atom. The SMILES string of the molecule is CN(C(=O)COC(=O)c1ccc([N+](=O)[O-])cc1Cl)[C@@H]1CCS(=O)(=O)C1. The van der Waals surface area contributed by atoms with Crippen molar-refractivity contribution in [2.45, 2.75) is 12.5 Å². The van der Waals surface area contributed by atoms with Gasteiger partial charge in [0.15, 0.2) is 16.4 Å². The fourth-order valence-electron chi connectivity index (χ4n) is 2.37. The number of likely N-dealkylation sites (N-methyl/N-ethyl adjacent to an activating group) is 1. The highest BCUT2D eigenvalue weighted by molar-refractivity contribution is 7.91. The molecule has 0 spiro atoms. The summed E-state index contributed by atoms with van der Waals surface area (Å²) < 4.78 is 27.8. The number of nitro groups is 1. The molecule has 1 aliphatic rings. The van der Waals surface area contributed by atoms with Gasteiger partial charge in [-0.3, -0.25) is 14.9 Å². The van der Waals surface area contributed by atoms with Crippen LogP contribution in [0.25, 0.3) is 0 Å². The number of hydrogen-bond acceptors (Lipinski definition) is 7. The molecule has 1 atom stereocenters. The number of non-ortho nitro benzene ring substituents is 1. The molecule has 1 amide bonds. The fraction of sp³-hybridized carbons (Fsp3) is 0.429. The zero-order chi connectivity index (χ0) is 18.8. The molecule has 1 aromatic carbocycles. The molecule has 0 bridgehead atoms. The molecule has 0 radical (unpaired) electrons. The summed E-state index contributed by atoms with van der Waals surface area (Å²) in [6, 6.07) is 2.80. The zero-order valence-electron chi connectivity index (χ0n) is 13.2. The zero-order valence-corrected chi connectivity index (χ0v) is 14.7. The smallest absolute Gasteiger partial charge is 0.340 e. The van der Waals surface area contributed by atoms with Gasteiger partial charge in [-0.15, -0.1) is 0 Å². The van der Waals surface area contributed by atoms with Crippen molar-refractivity contribution in [2.24, 2.45) is 0 Å². The third-order valence-electron chi connectivity index (χ3n) is 3.86. The van der Waals surface area contributed by atoms with Crippen molar-refractivity contribution >= 4 is 39.0 Å². The average Bonchev–Trinajstić information content (AvgIpc) is 2.91. The summed E-state index contributed by atoms with van der Waals surface area (Å²) in [7, 11) is -1.69. The molecule has 1 fully saturated rings. The Labute approximate surface area is 148 Å². The molecule has 11 heteroatoms. The highest BCUT2D eigenvalue weighted by Crippen LogP contribution is 2.23. The number of amides is 1. The molecule has 1 aromatic rings. The number of carbonyl (C=O) groups is 2. The van der Waals surface area contributed by atoms with Gasteiger partial charge in [-0.25, -0.2) is 13.2 Å². The van der Waals surface area contributed by atoms with Gasteiger partial charge in [0.05, 0.1) is 27.0 Å². The molecule has 0 aliphatic carbocycles. The number of rotatable bonds is 5. The quantitative estimate of drug-likeness (QED) is 0.418. The van der Waals surface area contributed by atoms with Crippen LogP contribution in [0.2, 0.25) is 5.02 Å². The number of hydrogen-bond donors (Lipinski definition) is 0. The van der Waals surface area contributed by atoms with E-state index in [9.17, 15) is 28.1 Å². The molecule has 0 aromatic heterocycles. The van der Waals surface area contributed by atoms with Crippen LogP contribution in [0.1, 0.15) is 16.8 Å². The number of benzene rings is 1. The number of halogens is 1. The van der Waals surface area contributed by atoms with Crippen LogP contribution in [0.4, 0.5) is 5.69 Å². The van der Waals surface area contributed by atoms with Crippen LogP contribution in [-0.4, -0.2) is 61.3 Å². The lowest BCUT2D eigenvalue weighted by molar-refractivity contribution is -0.384. The minimum Gasteiger partial charge on any atom is -0.452 e. The van der Waals surface area contributed by atoms with Crippen LogP contribution in [0, 0.1) is 10.1 Å². The van der Waals surface area contributed by atoms with Crippen molar-refractivity contribution < 1.29 is 27.7 Å². The number of sulfone groups is 1. The third-order valence-corrected chi connectivity index (χ3v) is 5.92. The Morgan fingerprint density at radius 3 is 2.64 bits per heavy atom. The second kappa shape index (κ2) is 7.36. The number of esters is 1. The van der Waals surface area contributed by atoms with Gasteiger partial charge < -0.3 is 9.64 Å². The Bertz CT molecular complexity index is 824. The maximum Gasteiger partial charge on any atom is 0.340 e. The first kappa shape index (κ1) is 19.1. The molecule has 136 valence electrons. The van der Waals surface area contributed by atoms with Crippen molar-refractivity contribution in [3.05, 3.63) is 38.9 Å². The van der Waals surface area contributed by atoms with E-state index in [0.29, 0.717) is 6.42 Å². The van der Waals surface area contributed by atoms with E-state index in [-0.39, 0.29) is 27.8 Å². The van der Waals surface area contributed by atoms with Crippen LogP contribution in [0.15, 0.2) is 18.2 Å². The average molecular weight is 391 g/mol. The summed E-state index contributed by atoms with van der Waals surface area (Å²) in [5.41, 5.74) is -0.383. The molecular weight excluding hydrogens is 376 g/mol. The molecule has 9 nitrogen and oxygen atoms in total. The van der Waals surface area contributed by atoms with Gasteiger partial charge in [-0.2, -0.15) is 0 Å². The first-order valence-electron chi connectivity index (χ1n) is 7.18. The van der Waals surface area contributed by atoms with Crippen LogP contribution < -0.4 is 0 Å². The van der Waals surface area contributed by atoms with Crippen LogP contribution in [-0.2, 0) is 19.4 Å². The van der Waals surface area contributed by atoms with Gasteiger partial charge in [0.25, 0.3) is 11.6 Å². The maximum atomic E-state index is 12.0. The summed E-state index contributed by atoms with van der Waals surface area (Å²) >= 11 is 5.81. The van der Waals surface area contributed by atoms with E-state index in [4.69, 9.17) is 16.3 Å². The molecular formula is C14H15ClN2O7S. The normalized spacial score (nSPS) is 18.6. The molecule has 2 rings (SSSR count). The first-order chi connectivity index (χ1) is 11.6. The lowest BCUT2D eigenvalue weighted by Gasteiger charge is -2.23. The van der Waals surface area contributed by atoms with Crippen molar-refractivity contribution in [1.29, 1.82) is 0 Å². The van der Waals surface area contributed by atoms with E-state index >= 15 is 0 Å². The van der Waals surface area contributed by atoms with Gasteiger partial charge in [-0.1, -0.05) is 11.6 Å². The van der Waals surface area contributed by atoms with Crippen molar-refractivity contribution in [3.8, 4) is 0 Å². The van der Waals surface area contributed by atoms with Crippen LogP contribution >= 0.6 is 11.6 Å². The van der Waals surface area contributed by atoms with Crippen LogP contribution in [0.5, 0.6) is 0 Å². The fourth-order valence-corrected chi connectivity index (χ4v) is 4.40. The van der Waals surface area contributed by atoms with Gasteiger partial charge in [-0.05, 0) is 12.5 Å². The van der Waals surface area contributed by atoms with Crippen LogP contribution in [0.3, 0.4) is 0 Å². The highest BCUT2D eigenvalue weighted by atomic mass is 35.5. The predicted molar refractivity (Wildman–Crippen MR) is 88.2 cm³/mol. The van der Waals surface area contributed by atoms with E-state index in [1.807, 2.05) is 0 Å². The minimum atomic E-state index is -3.14. The summed E-state index contributed by atoms with van der Waals surface area (Å²) in [5, 5.41) is 10.5. The standard InChI is InChI=1S/C14H15ClN2O7S/c1-16(10-4-5-25(22,23)8-10)13(18)7-24-14(19)11-3-2-9(17(20)21)6-12(11)15/h2-3,6,10H,4-5,7-8H2,1H3/t10-/m1/s1. The van der Waals surface area contributed by atoms with E-state index in [1.165, 1.54) is 11.9 Å². The minimum absolute atomic E-state index is 0.0213. The highest BCUT2D eigenvalue weighted by Gasteiger charge is 2.33. The number of nitrogens with zero attached hydrogens (tertiary/aromatic N) is 2. The molecule has 0 saturated carbocycles. The molecule has 0 N–H and O–H groups in total. The van der Waals surface area contributed by atoms with Gasteiger partial charge in [0.2, 0.25) is 0 Å². The van der Waals surface area contributed by atoms with E-state index < -0.39 is 39.3 Å². The lowest BCUT2D eigenvalue weighted by Crippen LogP contribution is -2.40. The third kappa shape index (κ3) is 4.67. The number of carbonyl (C=O) groups excluding carboxylic acids is 2. The summed E-state index contributed by atoms with van der Waals surface area (Å²) in [6.45, 7) is -0.584. The van der Waals surface area contributed by atoms with Crippen molar-refractivity contribution in [1.82, 2.24) is 4.90 Å². The van der Waals surface area contributed by atoms with Gasteiger partial charge >= 0.3 is 5.97 Å². The largest absolute Gasteiger partial charge is 0.452 e. The van der Waals surface area contributed by atoms with E-state index in [0.717, 1.165) is 18.2 Å². The monoisotopic (exact) mass is 390 g/mol. The van der Waals surface area contributed by atoms with E-state index in [1.54, 1.807) is 0 Å². The number of nitro benzene ring substituents is 1. The lowest BCUT2D eigenvalue weighted by atomic mass is 10.2. The predicted octanol–water partition coefficient (Wildman–Crippen LogP) is 1.05. The summed E-state index contributed by atoms with van der Waals surface area (Å²) in [5.74, 6) is -1.54. The Morgan fingerprint density at radius 2 is 2.12 bits per heavy atom. The van der Waals surface area contributed by atoms with Crippen molar-refractivity contribution in [2.75, 3.05) is 25.2 Å². The van der Waals surface area contributed by atoms with Crippen molar-refractivity contribution in [3.63, 3.8) is 0 Å². The van der Waals surface area contributed by atoms with E-state index in [2.05, 4.69) is 0 Å². The molecule has 0 unspecified atom stereocenters. The molecule has 1 heterocycles. The molecule has 25 heavy (non-hydrogen) atoms. The summed E-state index contributed by atoms with van der Waals surface area (Å²) in [6.07, 6.45) is 0.340. The molecule has 1 aliphatic heterocycles. The Hall–Kier alpha value is -2.20. The Balaban J connectivity index is 1.95. The number of ether oxygens (including phenoxy) is 1. The second-order valence-electron chi connectivity index (χ2n) is 5.56. The topological polar surface area (TPSA) is 124 Å². The maximum absolute atomic E-state index is 12.0. The molecule has 1 saturated heterocycles. The first-order valence-corrected chi connectivity index (χ1v) is 9.38. The Kier molecular flexibility index (Phi) is 5.63. The summed E-state index contributed by atoms with van der Waals surface area (Å²) in [4.78, 5) is 35.2.